The third kappa shape index (κ3) is 2.23. The highest BCUT2D eigenvalue weighted by molar-refractivity contribution is 5.88. The number of carbonyl (C=O) groups excluding carboxylic acids is 1. The zero-order chi connectivity index (χ0) is 15.9. The van der Waals surface area contributed by atoms with E-state index in [-0.39, 0.29) is 11.9 Å². The van der Waals surface area contributed by atoms with E-state index >= 15 is 0 Å². The van der Waals surface area contributed by atoms with Crippen molar-refractivity contribution in [1.29, 1.82) is 0 Å². The van der Waals surface area contributed by atoms with E-state index in [1.807, 2.05) is 26.0 Å². The maximum atomic E-state index is 12.5. The maximum absolute atomic E-state index is 12.5. The summed E-state index contributed by atoms with van der Waals surface area (Å²) in [7, 11) is 1.68. The first-order chi connectivity index (χ1) is 10.5. The van der Waals surface area contributed by atoms with Gasteiger partial charge in [-0.25, -0.2) is 0 Å². The van der Waals surface area contributed by atoms with E-state index in [1.54, 1.807) is 7.11 Å². The van der Waals surface area contributed by atoms with Crippen molar-refractivity contribution in [1.82, 2.24) is 0 Å². The lowest BCUT2D eigenvalue weighted by molar-refractivity contribution is -0.151. The number of esters is 1. The molecule has 22 heavy (non-hydrogen) atoms. The molecule has 0 saturated carbocycles. The third-order valence-corrected chi connectivity index (χ3v) is 5.10. The number of rotatable bonds is 3. The van der Waals surface area contributed by atoms with Crippen LogP contribution >= 0.6 is 0 Å². The number of methoxy groups -OCH3 is 1. The largest absolute Gasteiger partial charge is 0.497 e. The van der Waals surface area contributed by atoms with Crippen molar-refractivity contribution in [2.45, 2.75) is 46.5 Å². The molecule has 1 unspecified atom stereocenters. The molecule has 3 heteroatoms. The van der Waals surface area contributed by atoms with Crippen LogP contribution in [0.25, 0.3) is 5.76 Å². The first-order valence-electron chi connectivity index (χ1n) is 8.11. The highest BCUT2D eigenvalue weighted by Crippen LogP contribution is 2.49. The van der Waals surface area contributed by atoms with Crippen molar-refractivity contribution in [2.24, 2.45) is 11.3 Å². The summed E-state index contributed by atoms with van der Waals surface area (Å²) in [5, 5.41) is 0. The van der Waals surface area contributed by atoms with Crippen molar-refractivity contribution in [3.05, 3.63) is 34.9 Å². The average Bonchev–Trinajstić information content (AvgIpc) is 2.51. The van der Waals surface area contributed by atoms with Crippen LogP contribution in [0.15, 0.2) is 23.8 Å². The van der Waals surface area contributed by atoms with Crippen molar-refractivity contribution < 1.29 is 14.3 Å². The Kier molecular flexibility index (Phi) is 3.75. The van der Waals surface area contributed by atoms with Gasteiger partial charge in [0.05, 0.1) is 12.5 Å². The van der Waals surface area contributed by atoms with Crippen LogP contribution in [0.3, 0.4) is 0 Å². The first kappa shape index (κ1) is 15.1. The van der Waals surface area contributed by atoms with E-state index < -0.39 is 5.41 Å². The summed E-state index contributed by atoms with van der Waals surface area (Å²) in [6, 6.07) is 6.02. The van der Waals surface area contributed by atoms with Crippen LogP contribution in [0.4, 0.5) is 0 Å². The first-order valence-corrected chi connectivity index (χ1v) is 8.11. The summed E-state index contributed by atoms with van der Waals surface area (Å²) in [6.07, 6.45) is 4.07. The molecule has 1 aliphatic heterocycles. The second-order valence-corrected chi connectivity index (χ2v) is 6.83. The van der Waals surface area contributed by atoms with Gasteiger partial charge in [-0.3, -0.25) is 4.79 Å². The highest BCUT2D eigenvalue weighted by Gasteiger charge is 2.46. The molecule has 0 fully saturated rings. The van der Waals surface area contributed by atoms with E-state index in [2.05, 4.69) is 13.0 Å². The lowest BCUT2D eigenvalue weighted by Crippen LogP contribution is -2.40. The van der Waals surface area contributed by atoms with Gasteiger partial charge in [-0.05, 0) is 68.4 Å². The van der Waals surface area contributed by atoms with Gasteiger partial charge >= 0.3 is 5.97 Å². The van der Waals surface area contributed by atoms with Crippen LogP contribution in [0.2, 0.25) is 0 Å². The Bertz CT molecular complexity index is 640. The van der Waals surface area contributed by atoms with Crippen LogP contribution in [0.5, 0.6) is 5.75 Å². The number of allylic oxidation sites excluding steroid dienone is 1. The van der Waals surface area contributed by atoms with Gasteiger partial charge < -0.3 is 9.47 Å². The predicted octanol–water partition coefficient (Wildman–Crippen LogP) is 4.35. The lowest BCUT2D eigenvalue weighted by atomic mass is 9.67. The zero-order valence-corrected chi connectivity index (χ0v) is 13.9. The Morgan fingerprint density at radius 1 is 1.32 bits per heavy atom. The van der Waals surface area contributed by atoms with Gasteiger partial charge in [-0.15, -0.1) is 0 Å². The summed E-state index contributed by atoms with van der Waals surface area (Å²) in [4.78, 5) is 12.5. The summed E-state index contributed by atoms with van der Waals surface area (Å²) in [5.41, 5.74) is 3.16. The standard InChI is InChI=1S/C19H24O3/c1-5-6-16-15-9-7-12-11-13(21-4)8-10-14(12)17(15)22-18(20)19(16,2)3/h8,10-11,16H,5-7,9H2,1-4H3. The molecule has 3 nitrogen and oxygen atoms in total. The molecule has 0 amide bonds. The molecule has 1 aliphatic carbocycles. The molecule has 1 heterocycles. The van der Waals surface area contributed by atoms with Crippen LogP contribution in [-0.2, 0) is 16.0 Å². The molecule has 1 atom stereocenters. The topological polar surface area (TPSA) is 35.5 Å². The van der Waals surface area contributed by atoms with Gasteiger partial charge in [0.1, 0.15) is 11.5 Å². The summed E-state index contributed by atoms with van der Waals surface area (Å²) >= 11 is 0. The number of hydrogen-bond donors (Lipinski definition) is 0. The van der Waals surface area contributed by atoms with E-state index in [1.165, 1.54) is 11.1 Å². The second-order valence-electron chi connectivity index (χ2n) is 6.83. The molecule has 3 rings (SSSR count). The number of ether oxygens (including phenoxy) is 2. The molecule has 0 radical (unpaired) electrons. The molecule has 2 aliphatic rings. The van der Waals surface area contributed by atoms with Crippen LogP contribution < -0.4 is 4.74 Å². The fraction of sp³-hybridized carbons (Fsp3) is 0.526. The molecular weight excluding hydrogens is 276 g/mol. The fourth-order valence-corrected chi connectivity index (χ4v) is 3.76. The summed E-state index contributed by atoms with van der Waals surface area (Å²) < 4.78 is 11.1. The average molecular weight is 300 g/mol. The normalized spacial score (nSPS) is 22.7. The van der Waals surface area contributed by atoms with Crippen molar-refractivity contribution in [2.75, 3.05) is 7.11 Å². The number of benzene rings is 1. The van der Waals surface area contributed by atoms with Crippen LogP contribution in [0, 0.1) is 11.3 Å². The van der Waals surface area contributed by atoms with E-state index in [9.17, 15) is 4.79 Å². The SMILES string of the molecule is CCCC1C2=C(OC(=O)C1(C)C)c1ccc(OC)cc1CC2. The van der Waals surface area contributed by atoms with E-state index in [0.29, 0.717) is 0 Å². The van der Waals surface area contributed by atoms with Gasteiger partial charge in [0, 0.05) is 5.56 Å². The Morgan fingerprint density at radius 2 is 2.09 bits per heavy atom. The quantitative estimate of drug-likeness (QED) is 0.778. The Labute approximate surface area is 132 Å². The Balaban J connectivity index is 2.11. The molecule has 0 spiro atoms. The van der Waals surface area contributed by atoms with E-state index in [4.69, 9.17) is 9.47 Å². The predicted molar refractivity (Wildman–Crippen MR) is 86.5 cm³/mol. The molecule has 0 N–H and O–H groups in total. The van der Waals surface area contributed by atoms with Crippen LogP contribution in [0.1, 0.15) is 51.2 Å². The Hall–Kier alpha value is -1.77. The smallest absolute Gasteiger partial charge is 0.317 e. The molecule has 118 valence electrons. The zero-order valence-electron chi connectivity index (χ0n) is 13.9. The number of hydrogen-bond acceptors (Lipinski definition) is 3. The molecular formula is C19H24O3. The number of fused-ring (bicyclic) bond motifs is 2. The van der Waals surface area contributed by atoms with Gasteiger partial charge in [0.2, 0.25) is 0 Å². The fourth-order valence-electron chi connectivity index (χ4n) is 3.76. The molecule has 1 aromatic carbocycles. The minimum absolute atomic E-state index is 0.103. The molecule has 0 saturated heterocycles. The van der Waals surface area contributed by atoms with Crippen molar-refractivity contribution in [3.63, 3.8) is 0 Å². The lowest BCUT2D eigenvalue weighted by Gasteiger charge is -2.41. The van der Waals surface area contributed by atoms with Gasteiger partial charge in [-0.2, -0.15) is 0 Å². The minimum atomic E-state index is -0.432. The van der Waals surface area contributed by atoms with Gasteiger partial charge in [0.25, 0.3) is 0 Å². The monoisotopic (exact) mass is 300 g/mol. The molecule has 0 aromatic heterocycles. The third-order valence-electron chi connectivity index (χ3n) is 5.10. The van der Waals surface area contributed by atoms with Crippen molar-refractivity contribution in [3.8, 4) is 5.75 Å². The van der Waals surface area contributed by atoms with Crippen molar-refractivity contribution >= 4 is 11.7 Å². The summed E-state index contributed by atoms with van der Waals surface area (Å²) in [6.45, 7) is 6.21. The van der Waals surface area contributed by atoms with E-state index in [0.717, 1.165) is 42.8 Å². The highest BCUT2D eigenvalue weighted by atomic mass is 16.5. The molecule has 0 bridgehead atoms. The number of carbonyl (C=O) groups is 1. The second kappa shape index (κ2) is 5.45. The van der Waals surface area contributed by atoms with Crippen LogP contribution in [-0.4, -0.2) is 13.1 Å². The molecule has 1 aromatic rings. The Morgan fingerprint density at radius 3 is 2.77 bits per heavy atom. The van der Waals surface area contributed by atoms with Gasteiger partial charge in [0.15, 0.2) is 0 Å². The minimum Gasteiger partial charge on any atom is -0.497 e. The maximum Gasteiger partial charge on any atom is 0.317 e. The van der Waals surface area contributed by atoms with Gasteiger partial charge in [-0.1, -0.05) is 13.3 Å². The summed E-state index contributed by atoms with van der Waals surface area (Å²) in [5.74, 6) is 1.85. The number of aryl methyl sites for hydroxylation is 1.